The lowest BCUT2D eigenvalue weighted by atomic mass is 9.99. The predicted molar refractivity (Wildman–Crippen MR) is 214 cm³/mol. The first-order valence-corrected chi connectivity index (χ1v) is 17.5. The summed E-state index contributed by atoms with van der Waals surface area (Å²) in [6, 6.07) is 61.7. The van der Waals surface area contributed by atoms with Gasteiger partial charge in [-0.2, -0.15) is 0 Å². The number of hydrogen-bond donors (Lipinski definition) is 0. The highest BCUT2D eigenvalue weighted by Crippen LogP contribution is 2.43. The molecule has 12 aromatic rings. The molecule has 0 fully saturated rings. The Hall–Kier alpha value is -6.84. The van der Waals surface area contributed by atoms with Crippen LogP contribution in [0.25, 0.3) is 110 Å². The van der Waals surface area contributed by atoms with E-state index < -0.39 is 0 Å². The van der Waals surface area contributed by atoms with Crippen LogP contribution in [0.5, 0.6) is 0 Å². The topological polar surface area (TPSA) is 22.5 Å². The van der Waals surface area contributed by atoms with E-state index in [1.54, 1.807) is 0 Å². The van der Waals surface area contributed by atoms with Gasteiger partial charge in [0.15, 0.2) is 0 Å². The largest absolute Gasteiger partial charge is 0.455 e. The minimum atomic E-state index is 0.918. The summed E-state index contributed by atoms with van der Waals surface area (Å²) in [6.45, 7) is 0. The number of fused-ring (bicyclic) bond motifs is 12. The number of nitrogens with zero attached hydrogens (tertiary/aromatic N) is 2. The third-order valence-electron chi connectivity index (χ3n) is 11.1. The highest BCUT2D eigenvalue weighted by Gasteiger charge is 2.19. The van der Waals surface area contributed by atoms with Gasteiger partial charge in [-0.1, -0.05) is 109 Å². The van der Waals surface area contributed by atoms with E-state index in [2.05, 4.69) is 167 Å². The van der Waals surface area contributed by atoms with Gasteiger partial charge in [0.05, 0.1) is 27.6 Å². The molecular formula is C48H28N2O. The first-order valence-electron chi connectivity index (χ1n) is 17.5. The second-order valence-electron chi connectivity index (χ2n) is 13.7. The maximum atomic E-state index is 6.43. The van der Waals surface area contributed by atoms with E-state index in [-0.39, 0.29) is 0 Å². The van der Waals surface area contributed by atoms with Gasteiger partial charge in [-0.05, 0) is 77.4 Å². The Morgan fingerprint density at radius 2 is 0.902 bits per heavy atom. The molecule has 3 heteroatoms. The minimum Gasteiger partial charge on any atom is -0.455 e. The summed E-state index contributed by atoms with van der Waals surface area (Å²) in [6.07, 6.45) is 0. The number of furan rings is 1. The van der Waals surface area contributed by atoms with E-state index >= 15 is 0 Å². The van der Waals surface area contributed by atoms with Gasteiger partial charge in [0.1, 0.15) is 11.2 Å². The third-order valence-corrected chi connectivity index (χ3v) is 11.1. The molecule has 0 saturated heterocycles. The normalized spacial score (nSPS) is 12.3. The monoisotopic (exact) mass is 648 g/mol. The molecule has 8 aromatic carbocycles. The van der Waals surface area contributed by atoms with Gasteiger partial charge >= 0.3 is 0 Å². The lowest BCUT2D eigenvalue weighted by Gasteiger charge is -2.10. The molecule has 0 atom stereocenters. The fraction of sp³-hybridized carbons (Fsp3) is 0. The molecule has 0 aliphatic rings. The van der Waals surface area contributed by atoms with Crippen LogP contribution in [0.2, 0.25) is 0 Å². The van der Waals surface area contributed by atoms with Gasteiger partial charge < -0.3 is 13.4 Å². The van der Waals surface area contributed by atoms with Crippen LogP contribution in [0.1, 0.15) is 0 Å². The molecule has 0 spiro atoms. The fourth-order valence-electron chi connectivity index (χ4n) is 8.81. The van der Waals surface area contributed by atoms with Crippen LogP contribution in [0.15, 0.2) is 174 Å². The van der Waals surface area contributed by atoms with E-state index in [4.69, 9.17) is 4.42 Å². The summed E-state index contributed by atoms with van der Waals surface area (Å²) in [5.41, 5.74) is 13.9. The smallest absolute Gasteiger partial charge is 0.143 e. The molecule has 0 bridgehead atoms. The van der Waals surface area contributed by atoms with Crippen molar-refractivity contribution < 1.29 is 4.42 Å². The first kappa shape index (κ1) is 27.0. The fourth-order valence-corrected chi connectivity index (χ4v) is 8.81. The predicted octanol–water partition coefficient (Wildman–Crippen LogP) is 13.2. The average Bonchev–Trinajstić information content (AvgIpc) is 3.93. The Morgan fingerprint density at radius 1 is 0.353 bits per heavy atom. The van der Waals surface area contributed by atoms with Crippen molar-refractivity contribution in [3.8, 4) is 27.9 Å². The lowest BCUT2D eigenvalue weighted by molar-refractivity contribution is 0.670. The van der Waals surface area contributed by atoms with E-state index in [1.165, 1.54) is 71.0 Å². The number of para-hydroxylation sites is 5. The van der Waals surface area contributed by atoms with Crippen molar-refractivity contribution in [3.05, 3.63) is 170 Å². The Kier molecular flexibility index (Phi) is 5.23. The molecule has 0 N–H and O–H groups in total. The first-order chi connectivity index (χ1) is 25.3. The van der Waals surface area contributed by atoms with Gasteiger partial charge in [-0.3, -0.25) is 0 Å². The zero-order valence-electron chi connectivity index (χ0n) is 27.5. The molecule has 0 unspecified atom stereocenters. The number of aromatic nitrogens is 2. The minimum absolute atomic E-state index is 0.918. The van der Waals surface area contributed by atoms with E-state index in [1.807, 2.05) is 12.1 Å². The maximum Gasteiger partial charge on any atom is 0.143 e. The molecule has 0 saturated carbocycles. The zero-order valence-corrected chi connectivity index (χ0v) is 27.5. The van der Waals surface area contributed by atoms with Crippen molar-refractivity contribution in [2.75, 3.05) is 0 Å². The van der Waals surface area contributed by atoms with Crippen LogP contribution in [-0.4, -0.2) is 8.97 Å². The van der Waals surface area contributed by atoms with Crippen LogP contribution < -0.4 is 0 Å². The SMILES string of the molecule is c1ccc2c(c1)oc1c(-c3ccc4c(c3)c3ccccc3n4-c3ccc(-c4cc5c6ccccc6n6c7ccccc7c(c4)c56)cc3)cccc12. The maximum absolute atomic E-state index is 6.43. The summed E-state index contributed by atoms with van der Waals surface area (Å²) >= 11 is 0. The quantitative estimate of drug-likeness (QED) is 0.187. The molecule has 51 heavy (non-hydrogen) atoms. The van der Waals surface area contributed by atoms with Crippen molar-refractivity contribution >= 4 is 81.8 Å². The number of hydrogen-bond acceptors (Lipinski definition) is 1. The zero-order chi connectivity index (χ0) is 33.2. The molecular weight excluding hydrogens is 621 g/mol. The van der Waals surface area contributed by atoms with Gasteiger partial charge in [-0.25, -0.2) is 0 Å². The standard InChI is InChI=1S/C48H28N2O/c1-5-16-42-34(10-1)39-26-30(33-14-9-15-38-37-13-4-8-19-46(37)51-48(33)38)22-25-45(39)49(42)32-23-20-29(21-24-32)31-27-40-35-11-2-6-17-43(35)50-44-18-7-3-12-36(44)41(28-31)47(40)50/h1-28H. The van der Waals surface area contributed by atoms with Crippen molar-refractivity contribution in [3.63, 3.8) is 0 Å². The molecule has 0 amide bonds. The number of rotatable bonds is 3. The highest BCUT2D eigenvalue weighted by atomic mass is 16.3. The molecule has 0 radical (unpaired) electrons. The van der Waals surface area contributed by atoms with Gasteiger partial charge in [0.25, 0.3) is 0 Å². The van der Waals surface area contributed by atoms with Crippen LogP contribution in [0.4, 0.5) is 0 Å². The van der Waals surface area contributed by atoms with Gasteiger partial charge in [-0.15, -0.1) is 0 Å². The van der Waals surface area contributed by atoms with E-state index in [0.717, 1.165) is 38.8 Å². The van der Waals surface area contributed by atoms with E-state index in [9.17, 15) is 0 Å². The Morgan fingerprint density at radius 3 is 1.63 bits per heavy atom. The van der Waals surface area contributed by atoms with Crippen LogP contribution in [0, 0.1) is 0 Å². The molecule has 0 aliphatic carbocycles. The van der Waals surface area contributed by atoms with Crippen LogP contribution in [0.3, 0.4) is 0 Å². The van der Waals surface area contributed by atoms with Gasteiger partial charge in [0.2, 0.25) is 0 Å². The Labute approximate surface area is 292 Å². The molecule has 12 rings (SSSR count). The Balaban J connectivity index is 1.02. The highest BCUT2D eigenvalue weighted by molar-refractivity contribution is 6.24. The molecule has 4 aromatic heterocycles. The molecule has 236 valence electrons. The average molecular weight is 649 g/mol. The lowest BCUT2D eigenvalue weighted by Crippen LogP contribution is -1.93. The summed E-state index contributed by atoms with van der Waals surface area (Å²) < 4.78 is 11.3. The van der Waals surface area contributed by atoms with E-state index in [0.29, 0.717) is 0 Å². The van der Waals surface area contributed by atoms with Crippen LogP contribution >= 0.6 is 0 Å². The van der Waals surface area contributed by atoms with Crippen molar-refractivity contribution in [2.45, 2.75) is 0 Å². The molecule has 4 heterocycles. The van der Waals surface area contributed by atoms with Gasteiger partial charge in [0, 0.05) is 54.3 Å². The summed E-state index contributed by atoms with van der Waals surface area (Å²) in [5, 5.41) is 9.95. The third kappa shape index (κ3) is 3.62. The van der Waals surface area contributed by atoms with Crippen molar-refractivity contribution in [2.24, 2.45) is 0 Å². The summed E-state index contributed by atoms with van der Waals surface area (Å²) in [4.78, 5) is 0. The second-order valence-corrected chi connectivity index (χ2v) is 13.7. The Bertz CT molecular complexity index is 3270. The molecule has 3 nitrogen and oxygen atoms in total. The molecule has 0 aliphatic heterocycles. The summed E-state index contributed by atoms with van der Waals surface area (Å²) in [5.74, 6) is 0. The summed E-state index contributed by atoms with van der Waals surface area (Å²) in [7, 11) is 0. The van der Waals surface area contributed by atoms with Crippen molar-refractivity contribution in [1.29, 1.82) is 0 Å². The number of benzene rings is 8. The van der Waals surface area contributed by atoms with Crippen LogP contribution in [-0.2, 0) is 0 Å². The second kappa shape index (κ2) is 9.87. The van der Waals surface area contributed by atoms with Crippen molar-refractivity contribution in [1.82, 2.24) is 8.97 Å².